The van der Waals surface area contributed by atoms with Crippen molar-refractivity contribution in [3.8, 4) is 0 Å². The first-order valence-corrected chi connectivity index (χ1v) is 3.33. The molecule has 0 aromatic heterocycles. The maximum absolute atomic E-state index is 8.56. The van der Waals surface area contributed by atoms with Gasteiger partial charge in [-0.3, -0.25) is 0 Å². The van der Waals surface area contributed by atoms with Gasteiger partial charge in [-0.05, 0) is 0 Å². The van der Waals surface area contributed by atoms with Gasteiger partial charge in [-0.1, -0.05) is 0 Å². The predicted octanol–water partition coefficient (Wildman–Crippen LogP) is -3.52. The molecule has 0 aromatic carbocycles. The van der Waals surface area contributed by atoms with Gasteiger partial charge in [0, 0.05) is 0 Å². The van der Waals surface area contributed by atoms with Crippen molar-refractivity contribution in [3.05, 3.63) is 0 Å². The third-order valence-corrected chi connectivity index (χ3v) is 0. The Morgan fingerprint density at radius 3 is 1.00 bits per heavy atom. The van der Waals surface area contributed by atoms with Crippen LogP contribution in [0.3, 0.4) is 0 Å². The fourth-order valence-corrected chi connectivity index (χ4v) is 0. The largest absolute Gasteiger partial charge is 2.00 e. The summed E-state index contributed by atoms with van der Waals surface area (Å²) in [6.45, 7) is 0. The number of rotatable bonds is 0. The standard InChI is InChI=1S/CH2O3.2Ca.H4O4Si.H2O.4H/c2-1(3)4;;;1-5(2,3)4;;;;;/h(H2,2,3,4);;;1-4H;1H2;;;;/q;2*+2;;;4*-1. The summed E-state index contributed by atoms with van der Waals surface area (Å²) in [5.74, 6) is 0. The minimum atomic E-state index is -4.61. The Kier molecular flexibility index (Phi) is 37.2. The van der Waals surface area contributed by atoms with E-state index in [4.69, 9.17) is 34.2 Å². The molecule has 0 saturated carbocycles. The van der Waals surface area contributed by atoms with Crippen LogP contribution >= 0.6 is 0 Å². The van der Waals surface area contributed by atoms with Gasteiger partial charge in [-0.25, -0.2) is 4.79 Å². The molecule has 0 aliphatic heterocycles. The van der Waals surface area contributed by atoms with Crippen LogP contribution < -0.4 is 0 Å². The zero-order valence-electron chi connectivity index (χ0n) is 10.0. The molecule has 0 heterocycles. The van der Waals surface area contributed by atoms with Crippen molar-refractivity contribution in [2.45, 2.75) is 0 Å². The van der Waals surface area contributed by atoms with Crippen LogP contribution in [0.2, 0.25) is 0 Å². The van der Waals surface area contributed by atoms with Crippen LogP contribution in [0.5, 0.6) is 0 Å². The molecule has 0 radical (unpaired) electrons. The van der Waals surface area contributed by atoms with E-state index in [1.165, 1.54) is 0 Å². The second-order valence-electron chi connectivity index (χ2n) is 0.883. The quantitative estimate of drug-likeness (QED) is 0.245. The molecule has 0 aliphatic rings. The van der Waals surface area contributed by atoms with E-state index in [0.717, 1.165) is 0 Å². The van der Waals surface area contributed by atoms with Crippen LogP contribution in [0.4, 0.5) is 4.79 Å². The Hall–Kier alpha value is 1.81. The number of hydrogen-bond donors (Lipinski definition) is 6. The van der Waals surface area contributed by atoms with E-state index >= 15 is 0 Å². The van der Waals surface area contributed by atoms with Crippen molar-refractivity contribution in [2.75, 3.05) is 0 Å². The molecule has 0 fully saturated rings. The molecule has 8 nitrogen and oxygen atoms in total. The smallest absolute Gasteiger partial charge is 1.00 e. The molecule has 0 aromatic rings. The van der Waals surface area contributed by atoms with Gasteiger partial charge in [0.05, 0.1) is 0 Å². The van der Waals surface area contributed by atoms with Gasteiger partial charge in [0.1, 0.15) is 0 Å². The van der Waals surface area contributed by atoms with E-state index in [-0.39, 0.29) is 86.7 Å². The van der Waals surface area contributed by atoms with Crippen LogP contribution in [-0.2, 0) is 0 Å². The van der Waals surface area contributed by atoms with Crippen LogP contribution in [0.1, 0.15) is 5.71 Å². The molecule has 72 valence electrons. The zero-order chi connectivity index (χ0) is 8.08. The maximum Gasteiger partial charge on any atom is 2.00 e. The van der Waals surface area contributed by atoms with Crippen LogP contribution in [0, 0.1) is 0 Å². The minimum Gasteiger partial charge on any atom is -1.00 e. The van der Waals surface area contributed by atoms with Crippen molar-refractivity contribution in [1.82, 2.24) is 0 Å². The van der Waals surface area contributed by atoms with Crippen LogP contribution in [0.25, 0.3) is 0 Å². The molecule has 0 atom stereocenters. The summed E-state index contributed by atoms with van der Waals surface area (Å²) in [5.41, 5.74) is 0. The van der Waals surface area contributed by atoms with Gasteiger partial charge in [0.25, 0.3) is 0 Å². The molecule has 0 rings (SSSR count). The van der Waals surface area contributed by atoms with Crippen molar-refractivity contribution >= 4 is 90.7 Å². The minimum absolute atomic E-state index is 0. The average molecular weight is 260 g/mol. The Morgan fingerprint density at radius 1 is 1.00 bits per heavy atom. The molecule has 8 N–H and O–H groups in total. The monoisotopic (exact) mass is 260 g/mol. The van der Waals surface area contributed by atoms with Crippen molar-refractivity contribution < 1.29 is 45.4 Å². The van der Waals surface area contributed by atoms with Crippen molar-refractivity contribution in [1.29, 1.82) is 0 Å². The third-order valence-electron chi connectivity index (χ3n) is 0. The predicted molar refractivity (Wildman–Crippen MR) is 44.9 cm³/mol. The van der Waals surface area contributed by atoms with Gasteiger partial charge in [-0.15, -0.1) is 0 Å². The van der Waals surface area contributed by atoms with E-state index in [1.54, 1.807) is 0 Å². The normalized spacial score (nSPS) is 7.00. The molecule has 0 amide bonds. The summed E-state index contributed by atoms with van der Waals surface area (Å²) in [6, 6.07) is 0. The summed E-state index contributed by atoms with van der Waals surface area (Å²) in [4.78, 5) is 37.9. The fourth-order valence-electron chi connectivity index (χ4n) is 0. The molecular formula is CH12Ca2O8Si. The second-order valence-corrected chi connectivity index (χ2v) is 2.08. The number of carbonyl (C=O) groups is 1. The Morgan fingerprint density at radius 2 is 1.00 bits per heavy atom. The molecule has 0 bridgehead atoms. The Bertz CT molecular complexity index is 92.5. The van der Waals surface area contributed by atoms with E-state index < -0.39 is 15.2 Å². The van der Waals surface area contributed by atoms with E-state index in [0.29, 0.717) is 0 Å². The molecular weight excluding hydrogens is 248 g/mol. The fraction of sp³-hybridized carbons (Fsp3) is 0. The Labute approximate surface area is 134 Å². The van der Waals surface area contributed by atoms with Gasteiger partial charge < -0.3 is 40.6 Å². The van der Waals surface area contributed by atoms with Crippen LogP contribution in [-0.4, -0.2) is 126 Å². The summed E-state index contributed by atoms with van der Waals surface area (Å²) < 4.78 is 0. The summed E-state index contributed by atoms with van der Waals surface area (Å²) in [6.07, 6.45) is -1.83. The van der Waals surface area contributed by atoms with Crippen molar-refractivity contribution in [2.24, 2.45) is 0 Å². The SMILES string of the molecule is O.O=C(O)O.O[Si](O)(O)O.[Ca+2].[Ca+2].[H-].[H-].[H-].[H-]. The molecule has 0 saturated heterocycles. The van der Waals surface area contributed by atoms with Crippen molar-refractivity contribution in [3.63, 3.8) is 0 Å². The first kappa shape index (κ1) is 29.2. The first-order chi connectivity index (χ1) is 3.73. The number of carboxylic acid groups (broad SMARTS) is 2. The summed E-state index contributed by atoms with van der Waals surface area (Å²) in [5, 5.41) is 13.9. The molecule has 0 unspecified atom stereocenters. The van der Waals surface area contributed by atoms with Gasteiger partial charge >= 0.3 is 90.7 Å². The second kappa shape index (κ2) is 15.3. The van der Waals surface area contributed by atoms with Gasteiger partial charge in [0.2, 0.25) is 0 Å². The average Bonchev–Trinajstić information content (AvgIpc) is 1.19. The number of hydrogen-bond acceptors (Lipinski definition) is 5. The van der Waals surface area contributed by atoms with Gasteiger partial charge in [-0.2, -0.15) is 0 Å². The van der Waals surface area contributed by atoms with Gasteiger partial charge in [0.15, 0.2) is 0 Å². The molecule has 0 aliphatic carbocycles. The molecule has 12 heavy (non-hydrogen) atoms. The van der Waals surface area contributed by atoms with E-state index in [1.807, 2.05) is 0 Å². The summed E-state index contributed by atoms with van der Waals surface area (Å²) >= 11 is 0. The molecule has 11 heteroatoms. The topological polar surface area (TPSA) is 170 Å². The first-order valence-electron chi connectivity index (χ1n) is 1.55. The van der Waals surface area contributed by atoms with E-state index in [9.17, 15) is 0 Å². The third kappa shape index (κ3) is 423. The Balaban J connectivity index is -0.00000000614. The maximum atomic E-state index is 8.56. The zero-order valence-corrected chi connectivity index (χ0v) is 11.4. The van der Waals surface area contributed by atoms with E-state index in [2.05, 4.69) is 0 Å². The molecule has 0 spiro atoms. The van der Waals surface area contributed by atoms with Crippen LogP contribution in [0.15, 0.2) is 0 Å². The summed E-state index contributed by atoms with van der Waals surface area (Å²) in [7, 11) is -4.61.